The summed E-state index contributed by atoms with van der Waals surface area (Å²) in [5, 5.41) is 2.63. The monoisotopic (exact) mass is 476 g/mol. The normalized spacial score (nSPS) is 10.7. The number of nitrogens with one attached hydrogen (secondary N) is 1. The summed E-state index contributed by atoms with van der Waals surface area (Å²) in [7, 11) is 0. The molecule has 0 unspecified atom stereocenters. The van der Waals surface area contributed by atoms with Crippen LogP contribution in [0, 0.1) is 18.6 Å². The molecule has 0 bridgehead atoms. The largest absolute Gasteiger partial charge is 0.454 e. The first-order valence-electron chi connectivity index (χ1n) is 10.8. The van der Waals surface area contributed by atoms with Crippen molar-refractivity contribution >= 4 is 23.2 Å². The third-order valence-corrected chi connectivity index (χ3v) is 5.47. The van der Waals surface area contributed by atoms with E-state index < -0.39 is 23.3 Å². The van der Waals surface area contributed by atoms with Gasteiger partial charge in [-0.25, -0.2) is 13.8 Å². The van der Waals surface area contributed by atoms with Gasteiger partial charge in [-0.05, 0) is 62.4 Å². The van der Waals surface area contributed by atoms with Gasteiger partial charge in [-0.2, -0.15) is 0 Å². The molecule has 2 heterocycles. The van der Waals surface area contributed by atoms with E-state index in [9.17, 15) is 18.4 Å². The Morgan fingerprint density at radius 2 is 1.80 bits per heavy atom. The van der Waals surface area contributed by atoms with Gasteiger partial charge >= 0.3 is 0 Å². The summed E-state index contributed by atoms with van der Waals surface area (Å²) in [5.74, 6) is -1.61. The molecule has 2 aromatic carbocycles. The van der Waals surface area contributed by atoms with Gasteiger partial charge in [0, 0.05) is 41.8 Å². The zero-order chi connectivity index (χ0) is 25.1. The topological polar surface area (TPSA) is 99.2 Å². The number of ketones is 1. The molecule has 0 radical (unpaired) electrons. The van der Waals surface area contributed by atoms with E-state index in [1.54, 1.807) is 23.8 Å². The molecule has 2 aromatic heterocycles. The Morgan fingerprint density at radius 3 is 2.49 bits per heavy atom. The molecule has 9 heteroatoms. The number of nitrogens with two attached hydrogens (primary N) is 1. The number of ether oxygens (including phenoxy) is 1. The number of aryl methyl sites for hydroxylation is 1. The van der Waals surface area contributed by atoms with E-state index in [0.717, 1.165) is 6.07 Å². The lowest BCUT2D eigenvalue weighted by Gasteiger charge is -2.13. The van der Waals surface area contributed by atoms with Crippen molar-refractivity contribution in [2.45, 2.75) is 20.4 Å². The van der Waals surface area contributed by atoms with E-state index in [1.165, 1.54) is 48.7 Å². The van der Waals surface area contributed by atoms with E-state index in [4.69, 9.17) is 10.5 Å². The number of aromatic nitrogens is 2. The Labute approximate surface area is 200 Å². The Balaban J connectivity index is 1.57. The molecule has 0 spiro atoms. The average molecular weight is 476 g/mol. The lowest BCUT2D eigenvalue weighted by atomic mass is 10.0. The zero-order valence-electron chi connectivity index (χ0n) is 19.0. The van der Waals surface area contributed by atoms with Crippen LogP contribution in [0.3, 0.4) is 0 Å². The quantitative estimate of drug-likeness (QED) is 0.351. The number of rotatable bonds is 7. The number of pyridine rings is 1. The lowest BCUT2D eigenvalue weighted by molar-refractivity contribution is 0.0990. The number of nitrogen functional groups attached to an aromatic ring is 1. The van der Waals surface area contributed by atoms with Gasteiger partial charge < -0.3 is 20.4 Å². The highest BCUT2D eigenvalue weighted by molar-refractivity contribution is 6.17. The molecule has 0 atom stereocenters. The van der Waals surface area contributed by atoms with Crippen molar-refractivity contribution < 1.29 is 23.1 Å². The van der Waals surface area contributed by atoms with Gasteiger partial charge in [0.2, 0.25) is 0 Å². The molecule has 0 saturated carbocycles. The summed E-state index contributed by atoms with van der Waals surface area (Å²) in [4.78, 5) is 30.0. The Bertz CT molecular complexity index is 1410. The fourth-order valence-corrected chi connectivity index (χ4v) is 3.54. The molecule has 7 nitrogen and oxygen atoms in total. The maximum atomic E-state index is 14.8. The highest BCUT2D eigenvalue weighted by atomic mass is 19.1. The lowest BCUT2D eigenvalue weighted by Crippen LogP contribution is -2.20. The molecule has 35 heavy (non-hydrogen) atoms. The molecule has 1 amide bonds. The average Bonchev–Trinajstić information content (AvgIpc) is 3.28. The minimum Gasteiger partial charge on any atom is -0.454 e. The SMILES string of the molecule is CCn1ccc(C(=O)c2ccc(F)cc2)c1C(=O)Nc1ccc(Oc2ccnc(N)c2C)c(F)c1. The van der Waals surface area contributed by atoms with Gasteiger partial charge in [0.05, 0.1) is 5.56 Å². The van der Waals surface area contributed by atoms with Gasteiger partial charge in [0.25, 0.3) is 5.91 Å². The standard InChI is InChI=1S/C26H22F2N4O3/c1-3-32-13-11-19(24(33)16-4-6-17(27)7-5-16)23(32)26(34)31-18-8-9-22(20(28)14-18)35-21-10-12-30-25(29)15(21)2/h4-14H,3H2,1-2H3,(H2,29,30)(H,31,34). The third kappa shape index (κ3) is 4.89. The van der Waals surface area contributed by atoms with Crippen LogP contribution in [-0.2, 0) is 6.54 Å². The van der Waals surface area contributed by atoms with E-state index in [1.807, 2.05) is 6.92 Å². The fourth-order valence-electron chi connectivity index (χ4n) is 3.54. The second-order valence-corrected chi connectivity index (χ2v) is 7.72. The second-order valence-electron chi connectivity index (χ2n) is 7.72. The predicted molar refractivity (Wildman–Crippen MR) is 128 cm³/mol. The van der Waals surface area contributed by atoms with Crippen LogP contribution in [0.1, 0.15) is 38.9 Å². The smallest absolute Gasteiger partial charge is 0.273 e. The van der Waals surface area contributed by atoms with E-state index in [2.05, 4.69) is 10.3 Å². The minimum atomic E-state index is -0.703. The van der Waals surface area contributed by atoms with Crippen LogP contribution < -0.4 is 15.8 Å². The van der Waals surface area contributed by atoms with Gasteiger partial charge in [0.1, 0.15) is 23.1 Å². The summed E-state index contributed by atoms with van der Waals surface area (Å²) in [6, 6.07) is 12.2. The Kier molecular flexibility index (Phi) is 6.59. The van der Waals surface area contributed by atoms with Crippen LogP contribution in [0.15, 0.2) is 67.0 Å². The minimum absolute atomic E-state index is 0.0548. The molecule has 0 saturated heterocycles. The Morgan fingerprint density at radius 1 is 1.06 bits per heavy atom. The van der Waals surface area contributed by atoms with Crippen molar-refractivity contribution in [3.8, 4) is 11.5 Å². The number of hydrogen-bond donors (Lipinski definition) is 2. The molecular formula is C26H22F2N4O3. The summed E-state index contributed by atoms with van der Waals surface area (Å²) < 4.78 is 35.2. The summed E-state index contributed by atoms with van der Waals surface area (Å²) in [6.45, 7) is 3.95. The van der Waals surface area contributed by atoms with Crippen molar-refractivity contribution in [2.24, 2.45) is 0 Å². The highest BCUT2D eigenvalue weighted by Gasteiger charge is 2.23. The van der Waals surface area contributed by atoms with E-state index in [0.29, 0.717) is 17.9 Å². The van der Waals surface area contributed by atoms with Gasteiger partial charge in [-0.1, -0.05) is 0 Å². The number of nitrogens with zero attached hydrogens (tertiary/aromatic N) is 2. The van der Waals surface area contributed by atoms with Gasteiger partial charge in [-0.15, -0.1) is 0 Å². The number of anilines is 2. The molecule has 0 aliphatic rings. The Hall–Kier alpha value is -4.53. The molecular weight excluding hydrogens is 454 g/mol. The number of amides is 1. The highest BCUT2D eigenvalue weighted by Crippen LogP contribution is 2.30. The van der Waals surface area contributed by atoms with Crippen LogP contribution >= 0.6 is 0 Å². The number of carbonyl (C=O) groups excluding carboxylic acids is 2. The van der Waals surface area contributed by atoms with Crippen LogP contribution in [-0.4, -0.2) is 21.2 Å². The molecule has 4 rings (SSSR count). The molecule has 3 N–H and O–H groups in total. The predicted octanol–water partition coefficient (Wildman–Crippen LogP) is 5.35. The third-order valence-electron chi connectivity index (χ3n) is 5.47. The maximum Gasteiger partial charge on any atom is 0.273 e. The first kappa shape index (κ1) is 23.6. The first-order chi connectivity index (χ1) is 16.8. The van der Waals surface area contributed by atoms with Gasteiger partial charge in [0.15, 0.2) is 17.3 Å². The first-order valence-corrected chi connectivity index (χ1v) is 10.8. The van der Waals surface area contributed by atoms with E-state index in [-0.39, 0.29) is 34.1 Å². The maximum absolute atomic E-state index is 14.8. The van der Waals surface area contributed by atoms with Crippen molar-refractivity contribution in [3.63, 3.8) is 0 Å². The number of hydrogen-bond acceptors (Lipinski definition) is 5. The van der Waals surface area contributed by atoms with Crippen LogP contribution in [0.2, 0.25) is 0 Å². The zero-order valence-corrected chi connectivity index (χ0v) is 19.0. The number of benzene rings is 2. The van der Waals surface area contributed by atoms with Crippen molar-refractivity contribution in [1.82, 2.24) is 9.55 Å². The van der Waals surface area contributed by atoms with Crippen LogP contribution in [0.5, 0.6) is 11.5 Å². The summed E-state index contributed by atoms with van der Waals surface area (Å²) in [5.41, 5.74) is 7.03. The molecule has 0 aliphatic heterocycles. The molecule has 178 valence electrons. The van der Waals surface area contributed by atoms with Crippen LogP contribution in [0.25, 0.3) is 0 Å². The molecule has 0 fully saturated rings. The second kappa shape index (κ2) is 9.76. The summed E-state index contributed by atoms with van der Waals surface area (Å²) >= 11 is 0. The van der Waals surface area contributed by atoms with E-state index >= 15 is 0 Å². The number of carbonyl (C=O) groups is 2. The van der Waals surface area contributed by atoms with Crippen molar-refractivity contribution in [3.05, 3.63) is 101 Å². The van der Waals surface area contributed by atoms with Gasteiger partial charge in [-0.3, -0.25) is 9.59 Å². The molecule has 0 aliphatic carbocycles. The van der Waals surface area contributed by atoms with Crippen LogP contribution in [0.4, 0.5) is 20.3 Å². The van der Waals surface area contributed by atoms with Crippen molar-refractivity contribution in [1.29, 1.82) is 0 Å². The van der Waals surface area contributed by atoms with Crippen molar-refractivity contribution in [2.75, 3.05) is 11.1 Å². The number of halogens is 2. The fraction of sp³-hybridized carbons (Fsp3) is 0.115. The summed E-state index contributed by atoms with van der Waals surface area (Å²) in [6.07, 6.45) is 3.07. The molecule has 4 aromatic rings.